The van der Waals surface area contributed by atoms with E-state index >= 15 is 0 Å². The number of carbonyl (C=O) groups is 1. The number of fused-ring (bicyclic) bond motifs is 1. The van der Waals surface area contributed by atoms with Gasteiger partial charge in [0, 0.05) is 41.7 Å². The topological polar surface area (TPSA) is 32.3 Å². The Balaban J connectivity index is 0.00000169. The van der Waals surface area contributed by atoms with Gasteiger partial charge in [-0.2, -0.15) is 0 Å². The minimum atomic E-state index is 0. The molecular formula is C18H21ClN2OS2. The van der Waals surface area contributed by atoms with Gasteiger partial charge < -0.3 is 10.2 Å². The van der Waals surface area contributed by atoms with Crippen LogP contribution in [0, 0.1) is 11.8 Å². The van der Waals surface area contributed by atoms with Crippen LogP contribution in [0.4, 0.5) is 0 Å². The summed E-state index contributed by atoms with van der Waals surface area (Å²) in [6.07, 6.45) is 0. The Bertz CT molecular complexity index is 680. The highest BCUT2D eigenvalue weighted by molar-refractivity contribution is 7.98. The molecule has 0 spiro atoms. The van der Waals surface area contributed by atoms with E-state index in [1.54, 1.807) is 23.1 Å². The van der Waals surface area contributed by atoms with Crippen LogP contribution in [-0.2, 0) is 5.75 Å². The molecule has 1 N–H and O–H groups in total. The van der Waals surface area contributed by atoms with Crippen molar-refractivity contribution in [2.24, 2.45) is 11.8 Å². The first-order valence-electron chi connectivity index (χ1n) is 8.05. The van der Waals surface area contributed by atoms with Crippen molar-refractivity contribution in [1.82, 2.24) is 10.2 Å². The Labute approximate surface area is 157 Å². The third kappa shape index (κ3) is 3.64. The van der Waals surface area contributed by atoms with Crippen LogP contribution >= 0.6 is 35.5 Å². The molecule has 1 aromatic heterocycles. The third-order valence-corrected chi connectivity index (χ3v) is 6.93. The number of hydrogen-bond donors (Lipinski definition) is 1. The Hall–Kier alpha value is -1.01. The predicted molar refractivity (Wildman–Crippen MR) is 103 cm³/mol. The first-order chi connectivity index (χ1) is 11.3. The zero-order valence-electron chi connectivity index (χ0n) is 13.3. The van der Waals surface area contributed by atoms with Gasteiger partial charge in [0.25, 0.3) is 5.91 Å². The Kier molecular flexibility index (Phi) is 5.87. The smallest absolute Gasteiger partial charge is 0.255 e. The molecule has 2 aromatic rings. The van der Waals surface area contributed by atoms with Crippen LogP contribution in [0.25, 0.3) is 0 Å². The molecule has 2 aliphatic rings. The van der Waals surface area contributed by atoms with Gasteiger partial charge in [-0.05, 0) is 35.4 Å². The van der Waals surface area contributed by atoms with E-state index < -0.39 is 0 Å². The molecule has 0 unspecified atom stereocenters. The van der Waals surface area contributed by atoms with Crippen molar-refractivity contribution in [1.29, 1.82) is 0 Å². The zero-order chi connectivity index (χ0) is 15.6. The van der Waals surface area contributed by atoms with Crippen molar-refractivity contribution >= 4 is 41.4 Å². The summed E-state index contributed by atoms with van der Waals surface area (Å²) in [6.45, 7) is 3.92. The van der Waals surface area contributed by atoms with Crippen molar-refractivity contribution in [3.8, 4) is 0 Å². The second-order valence-corrected chi connectivity index (χ2v) is 8.30. The highest BCUT2D eigenvalue weighted by Crippen LogP contribution is 2.31. The van der Waals surface area contributed by atoms with Crippen molar-refractivity contribution in [3.05, 3.63) is 52.2 Å². The average molecular weight is 381 g/mol. The fourth-order valence-corrected chi connectivity index (χ4v) is 5.32. The lowest BCUT2D eigenvalue weighted by Crippen LogP contribution is -2.32. The fraction of sp³-hybridized carbons (Fsp3) is 0.389. The standard InChI is InChI=1S/C18H20N2OS2.ClH/c21-18(20-10-13-8-19-9-14(13)11-20)16-5-1-2-6-17(16)23-12-15-4-3-7-22-15;/h1-7,13-14,19H,8-12H2;1H/t13-,14+;. The molecule has 3 nitrogen and oxygen atoms in total. The van der Waals surface area contributed by atoms with Gasteiger partial charge >= 0.3 is 0 Å². The van der Waals surface area contributed by atoms with E-state index in [1.807, 2.05) is 18.2 Å². The molecule has 3 heterocycles. The minimum absolute atomic E-state index is 0. The summed E-state index contributed by atoms with van der Waals surface area (Å²) in [7, 11) is 0. The predicted octanol–water partition coefficient (Wildman–Crippen LogP) is 3.75. The van der Waals surface area contributed by atoms with Crippen molar-refractivity contribution in [3.63, 3.8) is 0 Å². The van der Waals surface area contributed by atoms with Crippen molar-refractivity contribution in [2.45, 2.75) is 10.6 Å². The molecule has 2 atom stereocenters. The van der Waals surface area contributed by atoms with Crippen LogP contribution in [0.15, 0.2) is 46.7 Å². The highest BCUT2D eigenvalue weighted by Gasteiger charge is 2.38. The third-order valence-electron chi connectivity index (χ3n) is 4.74. The van der Waals surface area contributed by atoms with Gasteiger partial charge in [0.2, 0.25) is 0 Å². The molecule has 0 bridgehead atoms. The van der Waals surface area contributed by atoms with Crippen LogP contribution in [0.3, 0.4) is 0 Å². The first kappa shape index (κ1) is 17.8. The monoisotopic (exact) mass is 380 g/mol. The lowest BCUT2D eigenvalue weighted by Gasteiger charge is -2.19. The molecular weight excluding hydrogens is 360 g/mol. The maximum Gasteiger partial charge on any atom is 0.255 e. The van der Waals surface area contributed by atoms with Gasteiger partial charge in [-0.1, -0.05) is 18.2 Å². The van der Waals surface area contributed by atoms with Gasteiger partial charge in [0.1, 0.15) is 0 Å². The highest BCUT2D eigenvalue weighted by atomic mass is 35.5. The van der Waals surface area contributed by atoms with Crippen LogP contribution in [0.2, 0.25) is 0 Å². The Morgan fingerprint density at radius 1 is 1.17 bits per heavy atom. The molecule has 24 heavy (non-hydrogen) atoms. The van der Waals surface area contributed by atoms with Crippen molar-refractivity contribution in [2.75, 3.05) is 26.2 Å². The molecule has 0 saturated carbocycles. The Morgan fingerprint density at radius 3 is 2.62 bits per heavy atom. The van der Waals surface area contributed by atoms with Gasteiger partial charge in [-0.3, -0.25) is 4.79 Å². The van der Waals surface area contributed by atoms with Gasteiger partial charge in [-0.15, -0.1) is 35.5 Å². The van der Waals surface area contributed by atoms with E-state index in [0.29, 0.717) is 11.8 Å². The molecule has 1 amide bonds. The van der Waals surface area contributed by atoms with Crippen LogP contribution in [-0.4, -0.2) is 37.0 Å². The minimum Gasteiger partial charge on any atom is -0.338 e. The molecule has 2 aliphatic heterocycles. The summed E-state index contributed by atoms with van der Waals surface area (Å²) in [4.78, 5) is 17.5. The van der Waals surface area contributed by atoms with E-state index in [9.17, 15) is 4.79 Å². The summed E-state index contributed by atoms with van der Waals surface area (Å²) < 4.78 is 0. The fourth-order valence-electron chi connectivity index (χ4n) is 3.50. The summed E-state index contributed by atoms with van der Waals surface area (Å²) in [5.41, 5.74) is 0.863. The molecule has 2 saturated heterocycles. The lowest BCUT2D eigenvalue weighted by atomic mass is 10.0. The summed E-state index contributed by atoms with van der Waals surface area (Å²) in [5, 5.41) is 5.53. The molecule has 0 radical (unpaired) electrons. The first-order valence-corrected chi connectivity index (χ1v) is 9.92. The van der Waals surface area contributed by atoms with Crippen molar-refractivity contribution < 1.29 is 4.79 Å². The maximum atomic E-state index is 13.0. The van der Waals surface area contributed by atoms with E-state index in [4.69, 9.17) is 0 Å². The number of likely N-dealkylation sites (tertiary alicyclic amines) is 1. The number of rotatable bonds is 4. The van der Waals surface area contributed by atoms with Gasteiger partial charge in [0.05, 0.1) is 5.56 Å². The van der Waals surface area contributed by atoms with E-state index in [0.717, 1.165) is 42.4 Å². The largest absolute Gasteiger partial charge is 0.338 e. The summed E-state index contributed by atoms with van der Waals surface area (Å²) >= 11 is 3.53. The van der Waals surface area contributed by atoms with Gasteiger partial charge in [-0.25, -0.2) is 0 Å². The van der Waals surface area contributed by atoms with Crippen LogP contribution in [0.1, 0.15) is 15.2 Å². The molecule has 6 heteroatoms. The number of benzene rings is 1. The molecule has 0 aliphatic carbocycles. The van der Waals surface area contributed by atoms with Crippen LogP contribution in [0.5, 0.6) is 0 Å². The Morgan fingerprint density at radius 2 is 1.92 bits per heavy atom. The second kappa shape index (κ2) is 7.91. The number of nitrogens with zero attached hydrogens (tertiary/aromatic N) is 1. The number of carbonyl (C=O) groups excluding carboxylic acids is 1. The van der Waals surface area contributed by atoms with Gasteiger partial charge in [0.15, 0.2) is 0 Å². The number of hydrogen-bond acceptors (Lipinski definition) is 4. The zero-order valence-corrected chi connectivity index (χ0v) is 15.8. The SMILES string of the molecule is Cl.O=C(c1ccccc1SCc1cccs1)N1C[C@H]2CNC[C@H]2C1. The molecule has 4 rings (SSSR count). The second-order valence-electron chi connectivity index (χ2n) is 6.25. The summed E-state index contributed by atoms with van der Waals surface area (Å²) in [5.74, 6) is 2.42. The van der Waals surface area contributed by atoms with E-state index in [2.05, 4.69) is 33.8 Å². The number of thiophene rings is 1. The normalized spacial score (nSPS) is 22.2. The number of halogens is 1. The molecule has 128 valence electrons. The summed E-state index contributed by atoms with van der Waals surface area (Å²) in [6, 6.07) is 12.3. The average Bonchev–Trinajstić information content (AvgIpc) is 3.29. The number of thioether (sulfide) groups is 1. The van der Waals surface area contributed by atoms with Crippen LogP contribution < -0.4 is 5.32 Å². The van der Waals surface area contributed by atoms with E-state index in [1.165, 1.54) is 4.88 Å². The molecule has 2 fully saturated rings. The quantitative estimate of drug-likeness (QED) is 0.820. The maximum absolute atomic E-state index is 13.0. The van der Waals surface area contributed by atoms with E-state index in [-0.39, 0.29) is 18.3 Å². The lowest BCUT2D eigenvalue weighted by molar-refractivity contribution is 0.0778. The number of nitrogens with one attached hydrogen (secondary N) is 1. The molecule has 1 aromatic carbocycles. The number of amides is 1.